The number of hydrogen-bond donors (Lipinski definition) is 0. The van der Waals surface area contributed by atoms with Gasteiger partial charge in [-0.3, -0.25) is 4.79 Å². The van der Waals surface area contributed by atoms with Gasteiger partial charge in [-0.1, -0.05) is 12.1 Å². The lowest BCUT2D eigenvalue weighted by Gasteiger charge is -2.34. The highest BCUT2D eigenvalue weighted by molar-refractivity contribution is 7.89. The molecule has 28 heavy (non-hydrogen) atoms. The Hall–Kier alpha value is -2.39. The first kappa shape index (κ1) is 20.3. The number of nitrogens with zero attached hydrogens (tertiary/aromatic N) is 2. The molecule has 0 radical (unpaired) electrons. The first-order valence-electron chi connectivity index (χ1n) is 8.75. The van der Waals surface area contributed by atoms with Crippen LogP contribution in [-0.4, -0.2) is 49.7 Å². The third-order valence-electron chi connectivity index (χ3n) is 4.62. The Labute approximate surface area is 161 Å². The van der Waals surface area contributed by atoms with E-state index >= 15 is 0 Å². The van der Waals surface area contributed by atoms with Crippen molar-refractivity contribution in [1.29, 1.82) is 0 Å². The minimum atomic E-state index is -4.11. The average molecular weight is 412 g/mol. The van der Waals surface area contributed by atoms with Gasteiger partial charge in [0.1, 0.15) is 22.3 Å². The van der Waals surface area contributed by atoms with E-state index in [1.807, 2.05) is 0 Å². The number of benzene rings is 2. The maximum atomic E-state index is 13.9. The number of carbonyl (C=O) groups excluding carboxylic acids is 1. The Kier molecular flexibility index (Phi) is 6.04. The average Bonchev–Trinajstić information content (AvgIpc) is 2.66. The van der Waals surface area contributed by atoms with Crippen LogP contribution in [0.15, 0.2) is 47.4 Å². The molecule has 0 aliphatic carbocycles. The van der Waals surface area contributed by atoms with Crippen LogP contribution in [0.25, 0.3) is 0 Å². The highest BCUT2D eigenvalue weighted by Gasteiger charge is 2.31. The van der Waals surface area contributed by atoms with Gasteiger partial charge in [0.25, 0.3) is 0 Å². The molecule has 9 heteroatoms. The van der Waals surface area contributed by atoms with Crippen LogP contribution in [0.5, 0.6) is 0 Å². The maximum absolute atomic E-state index is 13.9. The third-order valence-corrected chi connectivity index (χ3v) is 6.55. The molecule has 2 aromatic carbocycles. The number of sulfonamides is 1. The molecule has 0 saturated carbocycles. The largest absolute Gasteiger partial charge is 0.340 e. The number of rotatable bonds is 5. The highest BCUT2D eigenvalue weighted by Crippen LogP contribution is 2.21. The molecule has 0 atom stereocenters. The van der Waals surface area contributed by atoms with Crippen LogP contribution < -0.4 is 0 Å². The predicted molar refractivity (Wildman–Crippen MR) is 96.4 cm³/mol. The fraction of sp³-hybridized carbons (Fsp3) is 0.316. The summed E-state index contributed by atoms with van der Waals surface area (Å²) < 4.78 is 66.3. The molecule has 1 amide bonds. The summed E-state index contributed by atoms with van der Waals surface area (Å²) >= 11 is 0. The molecular formula is C19H19F3N2O3S. The zero-order valence-corrected chi connectivity index (χ0v) is 15.8. The zero-order chi connectivity index (χ0) is 20.3. The summed E-state index contributed by atoms with van der Waals surface area (Å²) in [4.78, 5) is 13.3. The molecule has 1 heterocycles. The van der Waals surface area contributed by atoms with Crippen molar-refractivity contribution < 1.29 is 26.4 Å². The van der Waals surface area contributed by atoms with Crippen molar-refractivity contribution in [3.05, 3.63) is 65.5 Å². The molecule has 2 aromatic rings. The number of hydrogen-bond acceptors (Lipinski definition) is 3. The molecule has 0 N–H and O–H groups in total. The van der Waals surface area contributed by atoms with Gasteiger partial charge in [-0.15, -0.1) is 0 Å². The number of carbonyl (C=O) groups is 1. The number of aryl methyl sites for hydroxylation is 1. The lowest BCUT2D eigenvalue weighted by atomic mass is 10.1. The molecule has 150 valence electrons. The summed E-state index contributed by atoms with van der Waals surface area (Å²) in [5.41, 5.74) is 0.710. The molecule has 0 spiro atoms. The van der Waals surface area contributed by atoms with Gasteiger partial charge in [-0.05, 0) is 36.2 Å². The van der Waals surface area contributed by atoms with Crippen LogP contribution in [0, 0.1) is 17.5 Å². The van der Waals surface area contributed by atoms with Gasteiger partial charge in [0.05, 0.1) is 0 Å². The van der Waals surface area contributed by atoms with E-state index in [-0.39, 0.29) is 44.3 Å². The van der Waals surface area contributed by atoms with E-state index in [4.69, 9.17) is 0 Å². The van der Waals surface area contributed by atoms with E-state index in [2.05, 4.69) is 0 Å². The predicted octanol–water partition coefficient (Wildman–Crippen LogP) is 2.57. The zero-order valence-electron chi connectivity index (χ0n) is 14.9. The summed E-state index contributed by atoms with van der Waals surface area (Å²) in [5, 5.41) is 0. The van der Waals surface area contributed by atoms with E-state index in [1.165, 1.54) is 17.0 Å². The van der Waals surface area contributed by atoms with Gasteiger partial charge in [0.15, 0.2) is 0 Å². The van der Waals surface area contributed by atoms with Crippen LogP contribution >= 0.6 is 0 Å². The molecule has 1 fully saturated rings. The van der Waals surface area contributed by atoms with Crippen molar-refractivity contribution in [3.8, 4) is 0 Å². The number of piperazine rings is 1. The Balaban J connectivity index is 1.58. The van der Waals surface area contributed by atoms with Gasteiger partial charge < -0.3 is 4.90 Å². The van der Waals surface area contributed by atoms with Crippen molar-refractivity contribution >= 4 is 15.9 Å². The normalized spacial score (nSPS) is 15.6. The van der Waals surface area contributed by atoms with E-state index < -0.39 is 26.6 Å². The first-order chi connectivity index (χ1) is 13.3. The summed E-state index contributed by atoms with van der Waals surface area (Å²) in [5.74, 6) is -2.52. The Bertz CT molecular complexity index is 974. The van der Waals surface area contributed by atoms with E-state index in [1.54, 1.807) is 12.1 Å². The lowest BCUT2D eigenvalue weighted by molar-refractivity contribution is -0.132. The maximum Gasteiger partial charge on any atom is 0.246 e. The van der Waals surface area contributed by atoms with Crippen LogP contribution in [0.4, 0.5) is 13.2 Å². The quantitative estimate of drug-likeness (QED) is 0.759. The Morgan fingerprint density at radius 2 is 1.61 bits per heavy atom. The lowest BCUT2D eigenvalue weighted by Crippen LogP contribution is -2.50. The molecule has 3 rings (SSSR count). The van der Waals surface area contributed by atoms with Crippen LogP contribution in [-0.2, 0) is 21.2 Å². The van der Waals surface area contributed by atoms with Crippen molar-refractivity contribution in [2.45, 2.75) is 17.7 Å². The van der Waals surface area contributed by atoms with Crippen LogP contribution in [0.2, 0.25) is 0 Å². The minimum Gasteiger partial charge on any atom is -0.340 e. The van der Waals surface area contributed by atoms with Crippen LogP contribution in [0.3, 0.4) is 0 Å². The minimum absolute atomic E-state index is 0.0187. The summed E-state index contributed by atoms with van der Waals surface area (Å²) in [6.07, 6.45) is 0.568. The number of amides is 1. The molecule has 1 aliphatic heterocycles. The van der Waals surface area contributed by atoms with Crippen LogP contribution in [0.1, 0.15) is 12.0 Å². The van der Waals surface area contributed by atoms with Gasteiger partial charge in [0.2, 0.25) is 15.9 Å². The first-order valence-corrected chi connectivity index (χ1v) is 10.2. The van der Waals surface area contributed by atoms with Crippen molar-refractivity contribution in [1.82, 2.24) is 9.21 Å². The molecule has 1 aliphatic rings. The molecule has 5 nitrogen and oxygen atoms in total. The summed E-state index contributed by atoms with van der Waals surface area (Å²) in [7, 11) is -4.11. The smallest absolute Gasteiger partial charge is 0.246 e. The standard InChI is InChI=1S/C19H19F3N2O3S/c20-15-3-1-2-14(12-15)4-7-19(25)23-8-10-24(11-9-23)28(26,27)18-6-5-16(21)13-17(18)22/h1-3,5-6,12-13H,4,7-11H2. The fourth-order valence-electron chi connectivity index (χ4n) is 3.10. The third kappa shape index (κ3) is 4.53. The molecule has 0 bridgehead atoms. The monoisotopic (exact) mass is 412 g/mol. The fourth-order valence-corrected chi connectivity index (χ4v) is 4.57. The van der Waals surface area contributed by atoms with E-state index in [0.29, 0.717) is 18.1 Å². The SMILES string of the molecule is O=C(CCc1cccc(F)c1)N1CCN(S(=O)(=O)c2ccc(F)cc2F)CC1. The molecule has 0 unspecified atom stereocenters. The molecule has 1 saturated heterocycles. The summed E-state index contributed by atoms with van der Waals surface area (Å²) in [6.45, 7) is 0.379. The second-order valence-electron chi connectivity index (χ2n) is 6.49. The summed E-state index contributed by atoms with van der Waals surface area (Å²) in [6, 6.07) is 8.33. The topological polar surface area (TPSA) is 57.7 Å². The van der Waals surface area contributed by atoms with E-state index in [9.17, 15) is 26.4 Å². The Morgan fingerprint density at radius 3 is 2.25 bits per heavy atom. The van der Waals surface area contributed by atoms with Gasteiger partial charge in [-0.25, -0.2) is 21.6 Å². The molecular weight excluding hydrogens is 393 g/mol. The highest BCUT2D eigenvalue weighted by atomic mass is 32.2. The van der Waals surface area contributed by atoms with Gasteiger partial charge in [-0.2, -0.15) is 4.31 Å². The Morgan fingerprint density at radius 1 is 0.929 bits per heavy atom. The second-order valence-corrected chi connectivity index (χ2v) is 8.40. The van der Waals surface area contributed by atoms with Gasteiger partial charge >= 0.3 is 0 Å². The molecule has 0 aromatic heterocycles. The second kappa shape index (κ2) is 8.32. The van der Waals surface area contributed by atoms with Crippen molar-refractivity contribution in [2.75, 3.05) is 26.2 Å². The number of halogens is 3. The van der Waals surface area contributed by atoms with Crippen molar-refractivity contribution in [3.63, 3.8) is 0 Å². The van der Waals surface area contributed by atoms with E-state index in [0.717, 1.165) is 16.4 Å². The van der Waals surface area contributed by atoms with Gasteiger partial charge in [0, 0.05) is 38.7 Å². The van der Waals surface area contributed by atoms with Crippen molar-refractivity contribution in [2.24, 2.45) is 0 Å².